The summed E-state index contributed by atoms with van der Waals surface area (Å²) in [4.78, 5) is 2.49. The Balaban J connectivity index is 2.19. The Morgan fingerprint density at radius 2 is 2.17 bits per heavy atom. The van der Waals surface area contributed by atoms with Crippen molar-refractivity contribution >= 4 is 23.4 Å². The average molecular weight is 260 g/mol. The fourth-order valence-corrected chi connectivity index (χ4v) is 3.05. The van der Waals surface area contributed by atoms with Crippen LogP contribution in [0.4, 0.5) is 0 Å². The van der Waals surface area contributed by atoms with Gasteiger partial charge in [-0.1, -0.05) is 36.7 Å². The molecule has 1 saturated carbocycles. The van der Waals surface area contributed by atoms with E-state index in [1.165, 1.54) is 35.4 Å². The van der Waals surface area contributed by atoms with Crippen molar-refractivity contribution in [2.45, 2.75) is 39.2 Å². The number of benzene rings is 1. The van der Waals surface area contributed by atoms with Crippen molar-refractivity contribution in [2.75, 3.05) is 0 Å². The molecule has 0 amide bonds. The molecule has 0 N–H and O–H groups in total. The summed E-state index contributed by atoms with van der Waals surface area (Å²) in [5.74, 6) is 0. The Morgan fingerprint density at radius 1 is 1.39 bits per heavy atom. The summed E-state index contributed by atoms with van der Waals surface area (Å²) >= 11 is 6.40. The average Bonchev–Trinajstić information content (AvgIpc) is 3.21. The van der Waals surface area contributed by atoms with Crippen molar-refractivity contribution in [2.24, 2.45) is 0 Å². The predicted octanol–water partition coefficient (Wildman–Crippen LogP) is 4.93. The van der Waals surface area contributed by atoms with Crippen LogP contribution in [-0.2, 0) is 0 Å². The molecule has 1 fully saturated rings. The second-order valence-electron chi connectivity index (χ2n) is 4.97. The first-order valence-corrected chi connectivity index (χ1v) is 7.09. The molecule has 1 nitrogen and oxygen atoms in total. The van der Waals surface area contributed by atoms with Crippen LogP contribution < -0.4 is 0 Å². The van der Waals surface area contributed by atoms with Crippen LogP contribution in [0.15, 0.2) is 30.0 Å². The first kappa shape index (κ1) is 11.9. The zero-order valence-electron chi connectivity index (χ0n) is 10.9. The summed E-state index contributed by atoms with van der Waals surface area (Å²) in [6.07, 6.45) is 8.17. The zero-order valence-corrected chi connectivity index (χ0v) is 11.7. The molecule has 94 valence electrons. The second-order valence-corrected chi connectivity index (χ2v) is 5.38. The highest BCUT2D eigenvalue weighted by molar-refractivity contribution is 6.32. The molecule has 1 aromatic rings. The second kappa shape index (κ2) is 4.47. The van der Waals surface area contributed by atoms with Gasteiger partial charge in [-0.3, -0.25) is 0 Å². The quantitative estimate of drug-likeness (QED) is 0.728. The molecule has 0 radical (unpaired) electrons. The third-order valence-corrected chi connectivity index (χ3v) is 4.06. The fourth-order valence-electron chi connectivity index (χ4n) is 2.78. The van der Waals surface area contributed by atoms with Gasteiger partial charge in [-0.2, -0.15) is 0 Å². The van der Waals surface area contributed by atoms with Crippen molar-refractivity contribution in [1.82, 2.24) is 4.90 Å². The lowest BCUT2D eigenvalue weighted by atomic mass is 9.96. The predicted molar refractivity (Wildman–Crippen MR) is 78.2 cm³/mol. The molecule has 1 aliphatic carbocycles. The fraction of sp³-hybridized carbons (Fsp3) is 0.375. The molecule has 1 heterocycles. The summed E-state index contributed by atoms with van der Waals surface area (Å²) in [5, 5.41) is 0.859. The van der Waals surface area contributed by atoms with E-state index in [-0.39, 0.29) is 0 Å². The highest BCUT2D eigenvalue weighted by Gasteiger charge is 2.35. The van der Waals surface area contributed by atoms with Crippen LogP contribution in [0, 0.1) is 0 Å². The SMILES string of the molecule is CC=C1c2c(Cl)cccc2C=C(CC)N1C1CC1. The van der Waals surface area contributed by atoms with Gasteiger partial charge >= 0.3 is 0 Å². The van der Waals surface area contributed by atoms with Crippen molar-refractivity contribution in [3.8, 4) is 0 Å². The number of hydrogen-bond donors (Lipinski definition) is 0. The number of hydrogen-bond acceptors (Lipinski definition) is 1. The molecule has 3 rings (SSSR count). The molecule has 18 heavy (non-hydrogen) atoms. The molecule has 2 aliphatic rings. The first-order chi connectivity index (χ1) is 8.76. The third-order valence-electron chi connectivity index (χ3n) is 3.74. The van der Waals surface area contributed by atoms with Gasteiger partial charge < -0.3 is 4.90 Å². The number of nitrogens with zero attached hydrogens (tertiary/aromatic N) is 1. The van der Waals surface area contributed by atoms with Gasteiger partial charge in [-0.05, 0) is 43.9 Å². The Bertz CT molecular complexity index is 538. The minimum absolute atomic E-state index is 0.687. The van der Waals surface area contributed by atoms with Crippen LogP contribution in [0.25, 0.3) is 11.8 Å². The van der Waals surface area contributed by atoms with Gasteiger partial charge in [0.05, 0.1) is 5.02 Å². The van der Waals surface area contributed by atoms with Crippen LogP contribution >= 0.6 is 11.6 Å². The van der Waals surface area contributed by atoms with Gasteiger partial charge in [0.25, 0.3) is 0 Å². The molecular formula is C16H18ClN. The molecule has 0 bridgehead atoms. The van der Waals surface area contributed by atoms with Crippen LogP contribution in [-0.4, -0.2) is 10.9 Å². The van der Waals surface area contributed by atoms with Crippen LogP contribution in [0.3, 0.4) is 0 Å². The zero-order chi connectivity index (χ0) is 12.7. The number of allylic oxidation sites excluding steroid dienone is 2. The number of fused-ring (bicyclic) bond motifs is 1. The topological polar surface area (TPSA) is 3.24 Å². The molecule has 1 aliphatic heterocycles. The van der Waals surface area contributed by atoms with Crippen molar-refractivity contribution in [3.63, 3.8) is 0 Å². The Labute approximate surface area is 114 Å². The summed E-state index contributed by atoms with van der Waals surface area (Å²) < 4.78 is 0. The van der Waals surface area contributed by atoms with E-state index in [4.69, 9.17) is 11.6 Å². The van der Waals surface area contributed by atoms with Gasteiger partial charge in [0.1, 0.15) is 0 Å². The highest BCUT2D eigenvalue weighted by atomic mass is 35.5. The molecule has 0 unspecified atom stereocenters. The lowest BCUT2D eigenvalue weighted by Crippen LogP contribution is -2.26. The van der Waals surface area contributed by atoms with Crippen LogP contribution in [0.2, 0.25) is 5.02 Å². The molecule has 0 aromatic heterocycles. The van der Waals surface area contributed by atoms with Crippen LogP contribution in [0.5, 0.6) is 0 Å². The lowest BCUT2D eigenvalue weighted by Gasteiger charge is -2.34. The smallest absolute Gasteiger partial charge is 0.0505 e. The Hall–Kier alpha value is -1.21. The standard InChI is InChI=1S/C16H18ClN/c1-3-12-10-11-6-5-7-14(17)16(11)15(4-2)18(12)13-8-9-13/h4-7,10,13H,3,8-9H2,1-2H3. The third kappa shape index (κ3) is 1.78. The van der Waals surface area contributed by atoms with Crippen molar-refractivity contribution < 1.29 is 0 Å². The van der Waals surface area contributed by atoms with E-state index in [1.54, 1.807) is 0 Å². The van der Waals surface area contributed by atoms with Gasteiger partial charge in [-0.25, -0.2) is 0 Å². The van der Waals surface area contributed by atoms with Crippen LogP contribution in [0.1, 0.15) is 44.2 Å². The van der Waals surface area contributed by atoms with E-state index in [0.29, 0.717) is 6.04 Å². The molecular weight excluding hydrogens is 242 g/mol. The first-order valence-electron chi connectivity index (χ1n) is 6.71. The maximum absolute atomic E-state index is 6.40. The van der Waals surface area contributed by atoms with E-state index in [2.05, 4.69) is 37.0 Å². The normalized spacial score (nSPS) is 20.9. The van der Waals surface area contributed by atoms with Gasteiger partial charge in [0, 0.05) is 23.0 Å². The molecule has 0 spiro atoms. The van der Waals surface area contributed by atoms with Gasteiger partial charge in [0.15, 0.2) is 0 Å². The van der Waals surface area contributed by atoms with Gasteiger partial charge in [-0.15, -0.1) is 0 Å². The lowest BCUT2D eigenvalue weighted by molar-refractivity contribution is 0.463. The van der Waals surface area contributed by atoms with E-state index >= 15 is 0 Å². The summed E-state index contributed by atoms with van der Waals surface area (Å²) in [6, 6.07) is 6.86. The number of halogens is 1. The van der Waals surface area contributed by atoms with Crippen molar-refractivity contribution in [1.29, 1.82) is 0 Å². The molecule has 2 heteroatoms. The van der Waals surface area contributed by atoms with Gasteiger partial charge in [0.2, 0.25) is 0 Å². The minimum Gasteiger partial charge on any atom is -0.342 e. The molecule has 1 aromatic carbocycles. The molecule has 0 saturated heterocycles. The van der Waals surface area contributed by atoms with E-state index in [9.17, 15) is 0 Å². The molecule has 0 atom stereocenters. The van der Waals surface area contributed by atoms with E-state index in [0.717, 1.165) is 11.4 Å². The largest absolute Gasteiger partial charge is 0.342 e. The van der Waals surface area contributed by atoms with Crippen molar-refractivity contribution in [3.05, 3.63) is 46.1 Å². The summed E-state index contributed by atoms with van der Waals surface area (Å²) in [7, 11) is 0. The Kier molecular flexibility index (Phi) is 2.95. The Morgan fingerprint density at radius 3 is 2.78 bits per heavy atom. The maximum Gasteiger partial charge on any atom is 0.0505 e. The van der Waals surface area contributed by atoms with E-state index < -0.39 is 0 Å². The summed E-state index contributed by atoms with van der Waals surface area (Å²) in [5.41, 5.74) is 5.16. The highest BCUT2D eigenvalue weighted by Crippen LogP contribution is 2.44. The monoisotopic (exact) mass is 259 g/mol. The minimum atomic E-state index is 0.687. The number of rotatable bonds is 2. The summed E-state index contributed by atoms with van der Waals surface area (Å²) in [6.45, 7) is 4.33. The van der Waals surface area contributed by atoms with E-state index in [1.807, 2.05) is 12.1 Å². The maximum atomic E-state index is 6.40.